The van der Waals surface area contributed by atoms with E-state index in [9.17, 15) is 9.59 Å². The van der Waals surface area contributed by atoms with Gasteiger partial charge in [0.25, 0.3) is 0 Å². The van der Waals surface area contributed by atoms with E-state index in [0.29, 0.717) is 19.4 Å². The minimum absolute atomic E-state index is 0.123. The summed E-state index contributed by atoms with van der Waals surface area (Å²) in [5.41, 5.74) is -0.595. The van der Waals surface area contributed by atoms with E-state index in [-0.39, 0.29) is 19.1 Å². The summed E-state index contributed by atoms with van der Waals surface area (Å²) in [5, 5.41) is 11.4. The third-order valence-electron chi connectivity index (χ3n) is 2.26. The number of nitrogens with zero attached hydrogens (tertiary/aromatic N) is 2. The van der Waals surface area contributed by atoms with Gasteiger partial charge < -0.3 is 9.84 Å². The number of aliphatic hydroxyl groups excluding tert-OH is 1. The largest absolute Gasteiger partial charge is 0.442 e. The summed E-state index contributed by atoms with van der Waals surface area (Å²) in [6.45, 7) is 5.71. The number of aliphatic hydroxyl groups is 1. The smallest absolute Gasteiger partial charge is 0.429 e. The molecule has 0 atom stereocenters. The summed E-state index contributed by atoms with van der Waals surface area (Å²) in [6.07, 6.45) is 0.484. The van der Waals surface area contributed by atoms with Crippen molar-refractivity contribution < 1.29 is 19.4 Å². The number of carbonyl (C=O) groups is 2. The van der Waals surface area contributed by atoms with Crippen molar-refractivity contribution in [1.82, 2.24) is 10.0 Å². The molecule has 0 unspecified atom stereocenters. The van der Waals surface area contributed by atoms with Crippen molar-refractivity contribution in [2.45, 2.75) is 39.2 Å². The van der Waals surface area contributed by atoms with E-state index in [4.69, 9.17) is 9.84 Å². The van der Waals surface area contributed by atoms with E-state index in [0.717, 1.165) is 0 Å². The van der Waals surface area contributed by atoms with Crippen molar-refractivity contribution in [2.75, 3.05) is 19.7 Å². The number of hydrogen-bond donors (Lipinski definition) is 1. The van der Waals surface area contributed by atoms with Crippen LogP contribution in [0.2, 0.25) is 0 Å². The number of amides is 2. The molecule has 0 bridgehead atoms. The molecule has 1 heterocycles. The van der Waals surface area contributed by atoms with Crippen molar-refractivity contribution in [3.05, 3.63) is 0 Å². The Morgan fingerprint density at radius 2 is 2.12 bits per heavy atom. The number of hydrogen-bond acceptors (Lipinski definition) is 4. The van der Waals surface area contributed by atoms with Crippen LogP contribution in [0.4, 0.5) is 4.79 Å². The maximum absolute atomic E-state index is 11.9. The van der Waals surface area contributed by atoms with E-state index < -0.39 is 11.7 Å². The van der Waals surface area contributed by atoms with Crippen LogP contribution in [0.15, 0.2) is 0 Å². The second-order valence-electron chi connectivity index (χ2n) is 4.95. The molecule has 17 heavy (non-hydrogen) atoms. The van der Waals surface area contributed by atoms with Crippen LogP contribution in [-0.2, 0) is 9.53 Å². The molecule has 0 aromatic rings. The molecule has 1 saturated heterocycles. The molecule has 0 spiro atoms. The van der Waals surface area contributed by atoms with Crippen LogP contribution in [0.25, 0.3) is 0 Å². The molecule has 1 rings (SSSR count). The van der Waals surface area contributed by atoms with Gasteiger partial charge in [0.15, 0.2) is 0 Å². The minimum Gasteiger partial charge on any atom is -0.442 e. The normalized spacial score (nSPS) is 17.3. The average Bonchev–Trinajstić information content (AvgIpc) is 2.18. The monoisotopic (exact) mass is 244 g/mol. The zero-order chi connectivity index (χ0) is 13.1. The van der Waals surface area contributed by atoms with Crippen LogP contribution in [0, 0.1) is 0 Å². The molecular formula is C11H20N2O4. The molecule has 1 aliphatic heterocycles. The van der Waals surface area contributed by atoms with Gasteiger partial charge >= 0.3 is 6.09 Å². The second kappa shape index (κ2) is 5.35. The Labute approximate surface area is 101 Å². The molecule has 1 N–H and O–H groups in total. The third-order valence-corrected chi connectivity index (χ3v) is 2.26. The van der Waals surface area contributed by atoms with Crippen molar-refractivity contribution in [2.24, 2.45) is 0 Å². The van der Waals surface area contributed by atoms with Gasteiger partial charge in [0.05, 0.1) is 13.2 Å². The summed E-state index contributed by atoms with van der Waals surface area (Å²) in [6, 6.07) is 0. The average molecular weight is 244 g/mol. The standard InChI is InChI=1S/C11H20N2O4/c1-11(2,3)17-10(16)13-6-4-5-9(15)12(13)7-8-14/h14H,4-8H2,1-3H3. The van der Waals surface area contributed by atoms with Crippen molar-refractivity contribution in [3.8, 4) is 0 Å². The van der Waals surface area contributed by atoms with Crippen LogP contribution in [0.5, 0.6) is 0 Å². The summed E-state index contributed by atoms with van der Waals surface area (Å²) < 4.78 is 5.21. The van der Waals surface area contributed by atoms with Gasteiger partial charge in [0.2, 0.25) is 5.91 Å². The van der Waals surface area contributed by atoms with Crippen LogP contribution < -0.4 is 0 Å². The first-order valence-electron chi connectivity index (χ1n) is 5.77. The van der Waals surface area contributed by atoms with Gasteiger partial charge in [-0.2, -0.15) is 0 Å². The molecule has 0 radical (unpaired) electrons. The van der Waals surface area contributed by atoms with Gasteiger partial charge in [0.1, 0.15) is 5.60 Å². The van der Waals surface area contributed by atoms with Crippen molar-refractivity contribution in [3.63, 3.8) is 0 Å². The maximum atomic E-state index is 11.9. The molecule has 98 valence electrons. The highest BCUT2D eigenvalue weighted by Crippen LogP contribution is 2.16. The second-order valence-corrected chi connectivity index (χ2v) is 4.95. The Bertz CT molecular complexity index is 298. The fourth-order valence-electron chi connectivity index (χ4n) is 1.61. The highest BCUT2D eigenvalue weighted by molar-refractivity contribution is 5.80. The van der Waals surface area contributed by atoms with E-state index in [1.165, 1.54) is 10.0 Å². The Kier molecular flexibility index (Phi) is 4.34. The lowest BCUT2D eigenvalue weighted by molar-refractivity contribution is -0.154. The topological polar surface area (TPSA) is 70.1 Å². The number of rotatable bonds is 2. The Morgan fingerprint density at radius 1 is 1.47 bits per heavy atom. The molecule has 0 saturated carbocycles. The molecule has 2 amide bonds. The third kappa shape index (κ3) is 3.89. The summed E-state index contributed by atoms with van der Waals surface area (Å²) in [5.74, 6) is -0.156. The molecule has 6 heteroatoms. The van der Waals surface area contributed by atoms with Gasteiger partial charge in [-0.1, -0.05) is 0 Å². The number of β-amino-alcohol motifs (C(OH)–C–C–N with tert-alkyl or cyclic N) is 1. The lowest BCUT2D eigenvalue weighted by Crippen LogP contribution is -2.55. The Morgan fingerprint density at radius 3 is 2.65 bits per heavy atom. The predicted octanol–water partition coefficient (Wildman–Crippen LogP) is 0.753. The number of ether oxygens (including phenoxy) is 1. The SMILES string of the molecule is CC(C)(C)OC(=O)N1CCCC(=O)N1CCO. The first-order chi connectivity index (χ1) is 7.85. The van der Waals surface area contributed by atoms with Gasteiger partial charge in [-0.3, -0.25) is 4.79 Å². The molecule has 0 aliphatic carbocycles. The zero-order valence-corrected chi connectivity index (χ0v) is 10.6. The van der Waals surface area contributed by atoms with Crippen LogP contribution in [-0.4, -0.2) is 52.4 Å². The van der Waals surface area contributed by atoms with Crippen LogP contribution >= 0.6 is 0 Å². The Hall–Kier alpha value is -1.30. The summed E-state index contributed by atoms with van der Waals surface area (Å²) in [7, 11) is 0. The molecule has 1 aliphatic rings. The highest BCUT2D eigenvalue weighted by atomic mass is 16.6. The first-order valence-corrected chi connectivity index (χ1v) is 5.77. The van der Waals surface area contributed by atoms with Gasteiger partial charge in [-0.15, -0.1) is 0 Å². The fourth-order valence-corrected chi connectivity index (χ4v) is 1.61. The summed E-state index contributed by atoms with van der Waals surface area (Å²) in [4.78, 5) is 23.5. The number of hydrazine groups is 1. The zero-order valence-electron chi connectivity index (χ0n) is 10.6. The van der Waals surface area contributed by atoms with Gasteiger partial charge in [0, 0.05) is 13.0 Å². The van der Waals surface area contributed by atoms with E-state index in [2.05, 4.69) is 0 Å². The molecule has 6 nitrogen and oxygen atoms in total. The highest BCUT2D eigenvalue weighted by Gasteiger charge is 2.32. The van der Waals surface area contributed by atoms with E-state index in [1.807, 2.05) is 0 Å². The lowest BCUT2D eigenvalue weighted by atomic mass is 10.2. The van der Waals surface area contributed by atoms with Crippen LogP contribution in [0.3, 0.4) is 0 Å². The predicted molar refractivity (Wildman–Crippen MR) is 61.0 cm³/mol. The molecular weight excluding hydrogens is 224 g/mol. The summed E-state index contributed by atoms with van der Waals surface area (Å²) >= 11 is 0. The lowest BCUT2D eigenvalue weighted by Gasteiger charge is -2.38. The van der Waals surface area contributed by atoms with Gasteiger partial charge in [-0.25, -0.2) is 14.8 Å². The first kappa shape index (κ1) is 13.8. The molecule has 0 aromatic heterocycles. The quantitative estimate of drug-likeness (QED) is 0.778. The van der Waals surface area contributed by atoms with Crippen molar-refractivity contribution in [1.29, 1.82) is 0 Å². The Balaban J connectivity index is 2.71. The maximum Gasteiger partial charge on any atom is 0.429 e. The fraction of sp³-hybridized carbons (Fsp3) is 0.818. The minimum atomic E-state index is -0.595. The van der Waals surface area contributed by atoms with Crippen LogP contribution in [0.1, 0.15) is 33.6 Å². The van der Waals surface area contributed by atoms with Crippen molar-refractivity contribution >= 4 is 12.0 Å². The van der Waals surface area contributed by atoms with E-state index >= 15 is 0 Å². The van der Waals surface area contributed by atoms with Gasteiger partial charge in [-0.05, 0) is 27.2 Å². The molecule has 0 aromatic carbocycles. The molecule has 1 fully saturated rings. The van der Waals surface area contributed by atoms with E-state index in [1.54, 1.807) is 20.8 Å². The number of carbonyl (C=O) groups excluding carboxylic acids is 2.